The second-order valence-electron chi connectivity index (χ2n) is 5.09. The summed E-state index contributed by atoms with van der Waals surface area (Å²) in [5.74, 6) is 0.713. The molecule has 1 aliphatic rings. The fourth-order valence-electron chi connectivity index (χ4n) is 2.60. The van der Waals surface area contributed by atoms with E-state index in [2.05, 4.69) is 11.9 Å². The van der Waals surface area contributed by atoms with Gasteiger partial charge in [0.05, 0.1) is 0 Å². The van der Waals surface area contributed by atoms with Crippen LogP contribution in [0.3, 0.4) is 0 Å². The second-order valence-corrected chi connectivity index (χ2v) is 5.09. The van der Waals surface area contributed by atoms with Gasteiger partial charge in [-0.05, 0) is 43.9 Å². The number of hydrogen-bond acceptors (Lipinski definition) is 3. The zero-order chi connectivity index (χ0) is 13.0. The molecule has 1 aromatic heterocycles. The van der Waals surface area contributed by atoms with Gasteiger partial charge in [-0.1, -0.05) is 6.07 Å². The molecule has 0 bridgehead atoms. The SMILES string of the molecule is CC1CC(CN)CN1C(=O)CCc1cccnc1. The van der Waals surface area contributed by atoms with Crippen molar-refractivity contribution in [1.82, 2.24) is 9.88 Å². The normalized spacial score (nSPS) is 23.3. The monoisotopic (exact) mass is 247 g/mol. The van der Waals surface area contributed by atoms with Gasteiger partial charge in [0, 0.05) is 31.4 Å². The molecule has 1 saturated heterocycles. The van der Waals surface area contributed by atoms with Crippen LogP contribution in [0.1, 0.15) is 25.3 Å². The molecule has 2 heterocycles. The van der Waals surface area contributed by atoms with E-state index in [4.69, 9.17) is 5.73 Å². The van der Waals surface area contributed by atoms with Gasteiger partial charge in [0.2, 0.25) is 5.91 Å². The van der Waals surface area contributed by atoms with Crippen LogP contribution in [0.4, 0.5) is 0 Å². The molecule has 18 heavy (non-hydrogen) atoms. The summed E-state index contributed by atoms with van der Waals surface area (Å²) in [6.45, 7) is 3.61. The van der Waals surface area contributed by atoms with E-state index in [0.29, 0.717) is 24.9 Å². The van der Waals surface area contributed by atoms with Gasteiger partial charge in [0.1, 0.15) is 0 Å². The smallest absolute Gasteiger partial charge is 0.223 e. The highest BCUT2D eigenvalue weighted by Gasteiger charge is 2.30. The molecule has 98 valence electrons. The number of carbonyl (C=O) groups is 1. The first kappa shape index (κ1) is 13.0. The predicted octanol–water partition coefficient (Wildman–Crippen LogP) is 1.21. The summed E-state index contributed by atoms with van der Waals surface area (Å²) in [6.07, 6.45) is 5.94. The number of nitrogens with two attached hydrogens (primary N) is 1. The van der Waals surface area contributed by atoms with Crippen LogP contribution in [0, 0.1) is 5.92 Å². The highest BCUT2D eigenvalue weighted by atomic mass is 16.2. The van der Waals surface area contributed by atoms with Gasteiger partial charge in [-0.15, -0.1) is 0 Å². The Morgan fingerprint density at radius 2 is 2.44 bits per heavy atom. The fourth-order valence-corrected chi connectivity index (χ4v) is 2.60. The van der Waals surface area contributed by atoms with E-state index in [9.17, 15) is 4.79 Å². The van der Waals surface area contributed by atoms with Gasteiger partial charge in [-0.2, -0.15) is 0 Å². The molecule has 0 aliphatic carbocycles. The Labute approximate surface area is 108 Å². The maximum absolute atomic E-state index is 12.2. The molecule has 4 heteroatoms. The van der Waals surface area contributed by atoms with Crippen LogP contribution >= 0.6 is 0 Å². The van der Waals surface area contributed by atoms with Gasteiger partial charge in [-0.25, -0.2) is 0 Å². The Balaban J connectivity index is 1.85. The van der Waals surface area contributed by atoms with Crippen LogP contribution in [-0.4, -0.2) is 34.9 Å². The Morgan fingerprint density at radius 3 is 3.06 bits per heavy atom. The third kappa shape index (κ3) is 3.07. The quantitative estimate of drug-likeness (QED) is 0.870. The van der Waals surface area contributed by atoms with Gasteiger partial charge in [0.25, 0.3) is 0 Å². The number of likely N-dealkylation sites (tertiary alicyclic amines) is 1. The molecule has 1 aromatic rings. The highest BCUT2D eigenvalue weighted by molar-refractivity contribution is 5.77. The van der Waals surface area contributed by atoms with Crippen molar-refractivity contribution < 1.29 is 4.79 Å². The Morgan fingerprint density at radius 1 is 1.61 bits per heavy atom. The first-order valence-corrected chi connectivity index (χ1v) is 6.59. The Kier molecular flexibility index (Phi) is 4.31. The van der Waals surface area contributed by atoms with Crippen molar-refractivity contribution in [3.05, 3.63) is 30.1 Å². The largest absolute Gasteiger partial charge is 0.340 e. The molecular formula is C14H21N3O. The average Bonchev–Trinajstić information content (AvgIpc) is 2.78. The lowest BCUT2D eigenvalue weighted by Crippen LogP contribution is -2.34. The maximum Gasteiger partial charge on any atom is 0.223 e. The van der Waals surface area contributed by atoms with Crippen molar-refractivity contribution >= 4 is 5.91 Å². The molecule has 1 aliphatic heterocycles. The fraction of sp³-hybridized carbons (Fsp3) is 0.571. The Hall–Kier alpha value is -1.42. The summed E-state index contributed by atoms with van der Waals surface area (Å²) >= 11 is 0. The van der Waals surface area contributed by atoms with E-state index < -0.39 is 0 Å². The molecular weight excluding hydrogens is 226 g/mol. The summed E-state index contributed by atoms with van der Waals surface area (Å²) < 4.78 is 0. The van der Waals surface area contributed by atoms with Gasteiger partial charge in [0.15, 0.2) is 0 Å². The number of carbonyl (C=O) groups excluding carboxylic acids is 1. The Bertz CT molecular complexity index is 393. The summed E-state index contributed by atoms with van der Waals surface area (Å²) in [7, 11) is 0. The standard InChI is InChI=1S/C14H21N3O/c1-11-7-13(8-15)10-17(11)14(18)5-4-12-3-2-6-16-9-12/h2-3,6,9,11,13H,4-5,7-8,10,15H2,1H3. The van der Waals surface area contributed by atoms with Crippen LogP contribution in [0.15, 0.2) is 24.5 Å². The average molecular weight is 247 g/mol. The summed E-state index contributed by atoms with van der Waals surface area (Å²) in [5.41, 5.74) is 6.80. The van der Waals surface area contributed by atoms with Crippen LogP contribution < -0.4 is 5.73 Å². The minimum atomic E-state index is 0.238. The van der Waals surface area contributed by atoms with E-state index >= 15 is 0 Å². The van der Waals surface area contributed by atoms with Crippen molar-refractivity contribution in [2.75, 3.05) is 13.1 Å². The topological polar surface area (TPSA) is 59.2 Å². The third-order valence-electron chi connectivity index (χ3n) is 3.67. The number of nitrogens with zero attached hydrogens (tertiary/aromatic N) is 2. The highest BCUT2D eigenvalue weighted by Crippen LogP contribution is 2.23. The van der Waals surface area contributed by atoms with Crippen LogP contribution in [0.25, 0.3) is 0 Å². The number of amides is 1. The molecule has 2 unspecified atom stereocenters. The number of hydrogen-bond donors (Lipinski definition) is 1. The van der Waals surface area contributed by atoms with E-state index in [1.54, 1.807) is 6.20 Å². The number of pyridine rings is 1. The van der Waals surface area contributed by atoms with E-state index in [1.807, 2.05) is 23.2 Å². The lowest BCUT2D eigenvalue weighted by atomic mass is 10.1. The molecule has 1 amide bonds. The molecule has 0 spiro atoms. The van der Waals surface area contributed by atoms with Gasteiger partial charge < -0.3 is 10.6 Å². The first-order chi connectivity index (χ1) is 8.70. The third-order valence-corrected chi connectivity index (χ3v) is 3.67. The molecule has 0 aromatic carbocycles. The summed E-state index contributed by atoms with van der Waals surface area (Å²) in [5, 5.41) is 0. The van der Waals surface area contributed by atoms with E-state index in [1.165, 1.54) is 0 Å². The van der Waals surface area contributed by atoms with Crippen LogP contribution in [-0.2, 0) is 11.2 Å². The molecule has 0 radical (unpaired) electrons. The molecule has 1 fully saturated rings. The first-order valence-electron chi connectivity index (χ1n) is 6.59. The van der Waals surface area contributed by atoms with Crippen molar-refractivity contribution in [2.45, 2.75) is 32.2 Å². The predicted molar refractivity (Wildman–Crippen MR) is 70.9 cm³/mol. The zero-order valence-electron chi connectivity index (χ0n) is 10.9. The molecule has 0 saturated carbocycles. The molecule has 2 N–H and O–H groups in total. The molecule has 2 rings (SSSR count). The number of aryl methyl sites for hydroxylation is 1. The van der Waals surface area contributed by atoms with Crippen molar-refractivity contribution in [3.63, 3.8) is 0 Å². The minimum absolute atomic E-state index is 0.238. The van der Waals surface area contributed by atoms with Gasteiger partial charge in [-0.3, -0.25) is 9.78 Å². The lowest BCUT2D eigenvalue weighted by Gasteiger charge is -2.21. The lowest BCUT2D eigenvalue weighted by molar-refractivity contribution is -0.131. The van der Waals surface area contributed by atoms with Crippen LogP contribution in [0.5, 0.6) is 0 Å². The number of aromatic nitrogens is 1. The summed E-state index contributed by atoms with van der Waals surface area (Å²) in [4.78, 5) is 18.2. The van der Waals surface area contributed by atoms with E-state index in [0.717, 1.165) is 24.9 Å². The second kappa shape index (κ2) is 5.96. The zero-order valence-corrected chi connectivity index (χ0v) is 10.9. The molecule has 4 nitrogen and oxygen atoms in total. The summed E-state index contributed by atoms with van der Waals surface area (Å²) in [6, 6.07) is 4.25. The maximum atomic E-state index is 12.2. The molecule has 2 atom stereocenters. The van der Waals surface area contributed by atoms with Gasteiger partial charge >= 0.3 is 0 Å². The van der Waals surface area contributed by atoms with E-state index in [-0.39, 0.29) is 5.91 Å². The van der Waals surface area contributed by atoms with Crippen molar-refractivity contribution in [1.29, 1.82) is 0 Å². The minimum Gasteiger partial charge on any atom is -0.340 e. The van der Waals surface area contributed by atoms with Crippen molar-refractivity contribution in [2.24, 2.45) is 11.7 Å². The van der Waals surface area contributed by atoms with Crippen LogP contribution in [0.2, 0.25) is 0 Å². The van der Waals surface area contributed by atoms with Crippen molar-refractivity contribution in [3.8, 4) is 0 Å². The number of rotatable bonds is 4.